The zero-order valence-electron chi connectivity index (χ0n) is 14.3. The van der Waals surface area contributed by atoms with Crippen molar-refractivity contribution in [1.82, 2.24) is 9.55 Å². The highest BCUT2D eigenvalue weighted by Gasteiger charge is 2.20. The maximum absolute atomic E-state index is 12.5. The molecule has 0 spiro atoms. The van der Waals surface area contributed by atoms with Gasteiger partial charge >= 0.3 is 0 Å². The fourth-order valence-electron chi connectivity index (χ4n) is 2.67. The van der Waals surface area contributed by atoms with Crippen molar-refractivity contribution in [1.29, 1.82) is 0 Å². The van der Waals surface area contributed by atoms with Crippen molar-refractivity contribution in [2.45, 2.75) is 6.42 Å². The van der Waals surface area contributed by atoms with Gasteiger partial charge in [0.15, 0.2) is 5.82 Å². The van der Waals surface area contributed by atoms with Crippen LogP contribution in [0.3, 0.4) is 0 Å². The molecule has 0 bridgehead atoms. The van der Waals surface area contributed by atoms with E-state index < -0.39 is 4.92 Å². The van der Waals surface area contributed by atoms with Gasteiger partial charge in [-0.3, -0.25) is 14.9 Å². The number of aryl methyl sites for hydroxylation is 1. The minimum Gasteiger partial charge on any atom is -0.379 e. The fraction of sp³-hybridized carbons (Fsp3) is 0.158. The number of rotatable bonds is 7. The smallest absolute Gasteiger partial charge is 0.293 e. The molecule has 1 heterocycles. The van der Waals surface area contributed by atoms with Crippen LogP contribution in [0.25, 0.3) is 0 Å². The van der Waals surface area contributed by atoms with Crippen LogP contribution in [-0.2, 0) is 13.5 Å². The Morgan fingerprint density at radius 2 is 2.00 bits per heavy atom. The number of carbonyl (C=O) groups is 1. The summed E-state index contributed by atoms with van der Waals surface area (Å²) < 4.78 is 1.58. The molecule has 0 aliphatic carbocycles. The summed E-state index contributed by atoms with van der Waals surface area (Å²) in [5.41, 5.74) is 1.64. The van der Waals surface area contributed by atoms with Crippen molar-refractivity contribution in [3.63, 3.8) is 0 Å². The quantitative estimate of drug-likeness (QED) is 0.401. The zero-order chi connectivity index (χ0) is 18.5. The molecule has 1 aromatic heterocycles. The average Bonchev–Trinajstić information content (AvgIpc) is 3.08. The van der Waals surface area contributed by atoms with E-state index in [4.69, 9.17) is 0 Å². The number of nitrogens with one attached hydrogen (secondary N) is 1. The van der Waals surface area contributed by atoms with Crippen LogP contribution in [-0.4, -0.2) is 26.8 Å². The molecule has 1 N–H and O–H groups in total. The third kappa shape index (κ3) is 3.77. The van der Waals surface area contributed by atoms with Gasteiger partial charge in [-0.05, 0) is 24.1 Å². The lowest BCUT2D eigenvalue weighted by Crippen LogP contribution is -2.11. The summed E-state index contributed by atoms with van der Waals surface area (Å²) in [4.78, 5) is 27.4. The number of carbonyl (C=O) groups excluding carboxylic acids is 1. The van der Waals surface area contributed by atoms with Crippen LogP contribution in [0.5, 0.6) is 0 Å². The van der Waals surface area contributed by atoms with Gasteiger partial charge in [-0.2, -0.15) is 0 Å². The maximum atomic E-state index is 12.5. The molecular formula is C19H18N4O3. The van der Waals surface area contributed by atoms with Gasteiger partial charge < -0.3 is 9.88 Å². The van der Waals surface area contributed by atoms with Crippen molar-refractivity contribution < 1.29 is 9.72 Å². The summed E-state index contributed by atoms with van der Waals surface area (Å²) in [5.74, 6) is -0.111. The predicted octanol–water partition coefficient (Wildman–Crippen LogP) is 3.21. The first-order valence-electron chi connectivity index (χ1n) is 8.14. The van der Waals surface area contributed by atoms with Crippen molar-refractivity contribution in [3.8, 4) is 0 Å². The van der Waals surface area contributed by atoms with E-state index in [-0.39, 0.29) is 22.9 Å². The van der Waals surface area contributed by atoms with Crippen LogP contribution < -0.4 is 5.32 Å². The lowest BCUT2D eigenvalue weighted by Gasteiger charge is -2.09. The number of hydrogen-bond acceptors (Lipinski definition) is 5. The Kier molecular flexibility index (Phi) is 5.07. The van der Waals surface area contributed by atoms with E-state index in [1.165, 1.54) is 12.3 Å². The molecule has 0 radical (unpaired) electrons. The molecule has 26 heavy (non-hydrogen) atoms. The van der Waals surface area contributed by atoms with Crippen molar-refractivity contribution >= 4 is 17.2 Å². The van der Waals surface area contributed by atoms with Crippen molar-refractivity contribution in [2.24, 2.45) is 7.05 Å². The summed E-state index contributed by atoms with van der Waals surface area (Å²) in [5, 5.41) is 14.5. The van der Waals surface area contributed by atoms with Crippen LogP contribution in [0, 0.1) is 10.1 Å². The third-order valence-electron chi connectivity index (χ3n) is 4.05. The minimum absolute atomic E-state index is 0.127. The molecular weight excluding hydrogens is 332 g/mol. The highest BCUT2D eigenvalue weighted by molar-refractivity contribution is 6.07. The van der Waals surface area contributed by atoms with E-state index in [0.717, 1.165) is 12.0 Å². The maximum Gasteiger partial charge on any atom is 0.293 e. The van der Waals surface area contributed by atoms with E-state index >= 15 is 0 Å². The van der Waals surface area contributed by atoms with Gasteiger partial charge in [0.1, 0.15) is 5.69 Å². The molecule has 0 fully saturated rings. The Bertz CT molecular complexity index is 935. The Balaban J connectivity index is 1.78. The van der Waals surface area contributed by atoms with Crippen LogP contribution in [0.1, 0.15) is 21.7 Å². The molecule has 0 aliphatic heterocycles. The normalized spacial score (nSPS) is 10.5. The highest BCUT2D eigenvalue weighted by atomic mass is 16.6. The molecule has 0 unspecified atom stereocenters. The standard InChI is InChI=1S/C19H18N4O3/c1-22-12-11-21-19(22)18(24)15-7-8-16(17(13-15)23(25)26)20-10-9-14-5-3-2-4-6-14/h2-8,11-13,20H,9-10H2,1H3. The Morgan fingerprint density at radius 3 is 2.65 bits per heavy atom. The van der Waals surface area contributed by atoms with Crippen LogP contribution in [0.4, 0.5) is 11.4 Å². The number of nitrogens with zero attached hydrogens (tertiary/aromatic N) is 3. The molecule has 0 atom stereocenters. The lowest BCUT2D eigenvalue weighted by molar-refractivity contribution is -0.384. The van der Waals surface area contributed by atoms with Gasteiger partial charge in [-0.25, -0.2) is 4.98 Å². The molecule has 3 rings (SSSR count). The van der Waals surface area contributed by atoms with E-state index in [2.05, 4.69) is 10.3 Å². The zero-order valence-corrected chi connectivity index (χ0v) is 14.3. The van der Waals surface area contributed by atoms with Gasteiger partial charge in [0.05, 0.1) is 4.92 Å². The fourth-order valence-corrected chi connectivity index (χ4v) is 2.67. The number of nitro groups is 1. The summed E-state index contributed by atoms with van der Waals surface area (Å²) in [6, 6.07) is 14.3. The molecule has 2 aromatic carbocycles. The first-order chi connectivity index (χ1) is 12.6. The van der Waals surface area contributed by atoms with Crippen LogP contribution in [0.2, 0.25) is 0 Å². The summed E-state index contributed by atoms with van der Waals surface area (Å²) >= 11 is 0. The molecule has 0 saturated carbocycles. The first kappa shape index (κ1) is 17.3. The van der Waals surface area contributed by atoms with E-state index in [9.17, 15) is 14.9 Å². The van der Waals surface area contributed by atoms with Gasteiger partial charge in [0.25, 0.3) is 5.69 Å². The minimum atomic E-state index is -0.486. The van der Waals surface area contributed by atoms with Gasteiger partial charge in [-0.1, -0.05) is 30.3 Å². The number of anilines is 1. The van der Waals surface area contributed by atoms with E-state index in [0.29, 0.717) is 12.2 Å². The largest absolute Gasteiger partial charge is 0.379 e. The van der Waals surface area contributed by atoms with Crippen molar-refractivity contribution in [3.05, 3.63) is 88.0 Å². The summed E-state index contributed by atoms with van der Waals surface area (Å²) in [6.45, 7) is 0.553. The Morgan fingerprint density at radius 1 is 1.23 bits per heavy atom. The number of ketones is 1. The topological polar surface area (TPSA) is 90.1 Å². The van der Waals surface area contributed by atoms with Crippen molar-refractivity contribution in [2.75, 3.05) is 11.9 Å². The summed E-state index contributed by atoms with van der Waals surface area (Å²) in [7, 11) is 1.70. The van der Waals surface area contributed by atoms with Gasteiger partial charge in [-0.15, -0.1) is 0 Å². The predicted molar refractivity (Wildman–Crippen MR) is 98.4 cm³/mol. The Hall–Kier alpha value is -3.48. The molecule has 7 nitrogen and oxygen atoms in total. The lowest BCUT2D eigenvalue weighted by atomic mass is 10.1. The van der Waals surface area contributed by atoms with Gasteiger partial charge in [0, 0.05) is 37.6 Å². The second kappa shape index (κ2) is 7.60. The van der Waals surface area contributed by atoms with Crippen LogP contribution >= 0.6 is 0 Å². The average molecular weight is 350 g/mol. The molecule has 132 valence electrons. The molecule has 0 saturated heterocycles. The van der Waals surface area contributed by atoms with E-state index in [1.54, 1.807) is 29.9 Å². The molecule has 3 aromatic rings. The second-order valence-electron chi connectivity index (χ2n) is 5.84. The molecule has 0 amide bonds. The number of hydrogen-bond donors (Lipinski definition) is 1. The number of aromatic nitrogens is 2. The Labute approximate surface area is 150 Å². The highest BCUT2D eigenvalue weighted by Crippen LogP contribution is 2.26. The molecule has 0 aliphatic rings. The van der Waals surface area contributed by atoms with Gasteiger partial charge in [0.2, 0.25) is 5.78 Å². The second-order valence-corrected chi connectivity index (χ2v) is 5.84. The monoisotopic (exact) mass is 350 g/mol. The summed E-state index contributed by atoms with van der Waals surface area (Å²) in [6.07, 6.45) is 3.91. The molecule has 7 heteroatoms. The third-order valence-corrected chi connectivity index (χ3v) is 4.05. The number of imidazole rings is 1. The number of benzene rings is 2. The van der Waals surface area contributed by atoms with Crippen LogP contribution in [0.15, 0.2) is 60.9 Å². The SMILES string of the molecule is Cn1ccnc1C(=O)c1ccc(NCCc2ccccc2)c([N+](=O)[O-])c1. The van der Waals surface area contributed by atoms with E-state index in [1.807, 2.05) is 30.3 Å². The number of nitro benzene ring substituents is 1. The first-order valence-corrected chi connectivity index (χ1v) is 8.14.